The molecule has 0 aliphatic carbocycles. The topological polar surface area (TPSA) is 44.8 Å². The van der Waals surface area contributed by atoms with Crippen LogP contribution in [0.5, 0.6) is 0 Å². The van der Waals surface area contributed by atoms with Crippen LogP contribution in [0.2, 0.25) is 0 Å². The highest BCUT2D eigenvalue weighted by molar-refractivity contribution is 7.54. The smallest absolute Gasteiger partial charge is 0.403 e. The number of hydrogen-bond donors (Lipinski definition) is 0. The second kappa shape index (κ2) is 11.2. The summed E-state index contributed by atoms with van der Waals surface area (Å²) in [6.45, 7) is 4.00. The van der Waals surface area contributed by atoms with Gasteiger partial charge < -0.3 is 4.52 Å². The molecule has 0 N–H and O–H groups in total. The standard InChI is InChI=1S/C24H26O4P2/c1-3-26-30(25,27-4-2)28-24(29-22-18-12-7-13-19-22)23(20-14-8-5-9-15-20)21-16-10-6-11-17-21/h5-19,29H,3-4H2,1-2H3. The minimum absolute atomic E-state index is 0.135. The van der Waals surface area contributed by atoms with Gasteiger partial charge in [0.2, 0.25) is 0 Å². The zero-order valence-electron chi connectivity index (χ0n) is 17.2. The van der Waals surface area contributed by atoms with Crippen LogP contribution >= 0.6 is 16.4 Å². The van der Waals surface area contributed by atoms with E-state index in [4.69, 9.17) is 13.6 Å². The van der Waals surface area contributed by atoms with Crippen molar-refractivity contribution in [3.05, 3.63) is 108 Å². The van der Waals surface area contributed by atoms with E-state index < -0.39 is 7.82 Å². The van der Waals surface area contributed by atoms with Crippen molar-refractivity contribution < 1.29 is 18.1 Å². The zero-order chi connectivity index (χ0) is 21.2. The van der Waals surface area contributed by atoms with Crippen molar-refractivity contribution in [2.24, 2.45) is 0 Å². The van der Waals surface area contributed by atoms with Crippen molar-refractivity contribution in [3.63, 3.8) is 0 Å². The number of rotatable bonds is 10. The second-order valence-electron chi connectivity index (χ2n) is 6.30. The van der Waals surface area contributed by atoms with E-state index >= 15 is 0 Å². The van der Waals surface area contributed by atoms with E-state index in [1.807, 2.05) is 91.0 Å². The van der Waals surface area contributed by atoms with E-state index in [0.29, 0.717) is 5.50 Å². The van der Waals surface area contributed by atoms with E-state index in [2.05, 4.69) is 0 Å². The van der Waals surface area contributed by atoms with Gasteiger partial charge in [0.1, 0.15) is 5.50 Å². The van der Waals surface area contributed by atoms with Crippen molar-refractivity contribution in [1.29, 1.82) is 0 Å². The molecule has 0 saturated carbocycles. The lowest BCUT2D eigenvalue weighted by Crippen LogP contribution is -2.04. The molecular weight excluding hydrogens is 414 g/mol. The summed E-state index contributed by atoms with van der Waals surface area (Å²) in [6, 6.07) is 29.9. The third-order valence-electron chi connectivity index (χ3n) is 4.16. The van der Waals surface area contributed by atoms with Gasteiger partial charge in [-0.2, -0.15) is 0 Å². The minimum Gasteiger partial charge on any atom is -0.403 e. The maximum atomic E-state index is 13.3. The Morgan fingerprint density at radius 1 is 0.733 bits per heavy atom. The van der Waals surface area contributed by atoms with Crippen LogP contribution in [0.1, 0.15) is 25.0 Å². The fourth-order valence-electron chi connectivity index (χ4n) is 2.94. The van der Waals surface area contributed by atoms with Gasteiger partial charge in [0, 0.05) is 5.57 Å². The molecule has 1 unspecified atom stereocenters. The molecule has 4 nitrogen and oxygen atoms in total. The Labute approximate surface area is 180 Å². The van der Waals surface area contributed by atoms with Crippen LogP contribution in [-0.2, 0) is 18.1 Å². The Balaban J connectivity index is 2.19. The summed E-state index contributed by atoms with van der Waals surface area (Å²) in [4.78, 5) is 0. The predicted molar refractivity (Wildman–Crippen MR) is 125 cm³/mol. The third kappa shape index (κ3) is 6.14. The van der Waals surface area contributed by atoms with Crippen molar-refractivity contribution in [2.75, 3.05) is 13.2 Å². The van der Waals surface area contributed by atoms with Gasteiger partial charge in [0.25, 0.3) is 0 Å². The molecular formula is C24H26O4P2. The SMILES string of the molecule is CCOP(=O)(OCC)OC(Pc1ccccc1)=C(c1ccccc1)c1ccccc1. The molecule has 6 heteroatoms. The van der Waals surface area contributed by atoms with Gasteiger partial charge in [-0.15, -0.1) is 0 Å². The Bertz CT molecular complexity index is 938. The lowest BCUT2D eigenvalue weighted by molar-refractivity contribution is 0.151. The molecule has 0 aromatic heterocycles. The number of hydrogen-bond acceptors (Lipinski definition) is 4. The van der Waals surface area contributed by atoms with Crippen molar-refractivity contribution in [1.82, 2.24) is 0 Å². The summed E-state index contributed by atoms with van der Waals surface area (Å²) in [5, 5.41) is 1.07. The molecule has 0 saturated heterocycles. The molecule has 30 heavy (non-hydrogen) atoms. The van der Waals surface area contributed by atoms with Crippen molar-refractivity contribution in [2.45, 2.75) is 13.8 Å². The van der Waals surface area contributed by atoms with Crippen LogP contribution in [0.25, 0.3) is 5.57 Å². The summed E-state index contributed by atoms with van der Waals surface area (Å²) >= 11 is 0. The first-order valence-electron chi connectivity index (χ1n) is 9.91. The molecule has 0 amide bonds. The van der Waals surface area contributed by atoms with Crippen molar-refractivity contribution in [3.8, 4) is 0 Å². The van der Waals surface area contributed by atoms with Crippen LogP contribution in [0, 0.1) is 0 Å². The summed E-state index contributed by atoms with van der Waals surface area (Å²) in [5.74, 6) is 0. The quantitative estimate of drug-likeness (QED) is 0.263. The number of benzene rings is 3. The monoisotopic (exact) mass is 440 g/mol. The molecule has 0 fully saturated rings. The number of phosphoric ester groups is 1. The Morgan fingerprint density at radius 2 is 1.17 bits per heavy atom. The molecule has 0 bridgehead atoms. The minimum atomic E-state index is -3.76. The molecule has 0 heterocycles. The molecule has 3 aromatic carbocycles. The average molecular weight is 440 g/mol. The highest BCUT2D eigenvalue weighted by Crippen LogP contribution is 2.55. The van der Waals surface area contributed by atoms with Crippen LogP contribution < -0.4 is 5.30 Å². The van der Waals surface area contributed by atoms with Crippen LogP contribution in [0.4, 0.5) is 0 Å². The summed E-state index contributed by atoms with van der Waals surface area (Å²) in [7, 11) is -3.62. The van der Waals surface area contributed by atoms with Gasteiger partial charge in [0.15, 0.2) is 0 Å². The summed E-state index contributed by atoms with van der Waals surface area (Å²) in [6.07, 6.45) is 0. The fraction of sp³-hybridized carbons (Fsp3) is 0.167. The van der Waals surface area contributed by atoms with E-state index in [0.717, 1.165) is 22.0 Å². The predicted octanol–water partition coefficient (Wildman–Crippen LogP) is 6.61. The first-order valence-corrected chi connectivity index (χ1v) is 12.4. The second-order valence-corrected chi connectivity index (χ2v) is 9.18. The molecule has 0 spiro atoms. The summed E-state index contributed by atoms with van der Waals surface area (Å²) < 4.78 is 30.3. The number of phosphoric acid groups is 1. The Morgan fingerprint density at radius 3 is 1.60 bits per heavy atom. The zero-order valence-corrected chi connectivity index (χ0v) is 19.0. The molecule has 156 valence electrons. The maximum Gasteiger partial charge on any atom is 0.530 e. The van der Waals surface area contributed by atoms with Gasteiger partial charge in [-0.3, -0.25) is 9.05 Å². The van der Waals surface area contributed by atoms with Crippen molar-refractivity contribution >= 4 is 27.3 Å². The Hall–Kier alpha value is -2.22. The lowest BCUT2D eigenvalue weighted by Gasteiger charge is -2.22. The maximum absolute atomic E-state index is 13.3. The first kappa shape index (κ1) is 22.5. The van der Waals surface area contributed by atoms with Gasteiger partial charge in [0.05, 0.1) is 13.2 Å². The molecule has 0 aliphatic rings. The van der Waals surface area contributed by atoms with Crippen LogP contribution in [-0.4, -0.2) is 13.2 Å². The molecule has 0 radical (unpaired) electrons. The molecule has 0 aliphatic heterocycles. The largest absolute Gasteiger partial charge is 0.530 e. The molecule has 3 aromatic rings. The van der Waals surface area contributed by atoms with Crippen LogP contribution in [0.3, 0.4) is 0 Å². The van der Waals surface area contributed by atoms with Gasteiger partial charge >= 0.3 is 7.82 Å². The van der Waals surface area contributed by atoms with E-state index in [1.54, 1.807) is 13.8 Å². The highest BCUT2D eigenvalue weighted by atomic mass is 31.2. The fourth-order valence-corrected chi connectivity index (χ4v) is 5.62. The van der Waals surface area contributed by atoms with E-state index in [1.165, 1.54) is 0 Å². The van der Waals surface area contributed by atoms with Gasteiger partial charge in [-0.1, -0.05) is 91.0 Å². The molecule has 3 rings (SSSR count). The van der Waals surface area contributed by atoms with E-state index in [-0.39, 0.29) is 21.8 Å². The van der Waals surface area contributed by atoms with Crippen LogP contribution in [0.15, 0.2) is 96.5 Å². The highest BCUT2D eigenvalue weighted by Gasteiger charge is 2.30. The normalized spacial score (nSPS) is 11.5. The van der Waals surface area contributed by atoms with Gasteiger partial charge in [-0.05, 0) is 38.9 Å². The first-order chi connectivity index (χ1) is 14.6. The van der Waals surface area contributed by atoms with E-state index in [9.17, 15) is 4.57 Å². The van der Waals surface area contributed by atoms with Gasteiger partial charge in [-0.25, -0.2) is 4.57 Å². The third-order valence-corrected chi connectivity index (χ3v) is 7.09. The summed E-state index contributed by atoms with van der Waals surface area (Å²) in [5.41, 5.74) is 3.39. The lowest BCUT2D eigenvalue weighted by atomic mass is 9.99. The molecule has 1 atom stereocenters. The Kier molecular flexibility index (Phi) is 8.42. The average Bonchev–Trinajstić information content (AvgIpc) is 2.76.